The summed E-state index contributed by atoms with van der Waals surface area (Å²) in [5.41, 5.74) is -0.681. The summed E-state index contributed by atoms with van der Waals surface area (Å²) in [4.78, 5) is 23.2. The summed E-state index contributed by atoms with van der Waals surface area (Å²) < 4.78 is 38.6. The average molecular weight is 307 g/mol. The first kappa shape index (κ1) is 15.8. The van der Waals surface area contributed by atoms with Crippen LogP contribution in [0.25, 0.3) is 0 Å². The van der Waals surface area contributed by atoms with Crippen LogP contribution in [0.2, 0.25) is 0 Å². The topological polar surface area (TPSA) is 46.2 Å². The van der Waals surface area contributed by atoms with Crippen LogP contribution in [0.3, 0.4) is 0 Å². The first-order chi connectivity index (χ1) is 10.3. The van der Waals surface area contributed by atoms with Crippen molar-refractivity contribution in [3.05, 3.63) is 65.2 Å². The van der Waals surface area contributed by atoms with E-state index in [2.05, 4.69) is 5.32 Å². The second-order valence-corrected chi connectivity index (χ2v) is 4.63. The molecule has 0 aliphatic heterocycles. The molecule has 0 saturated carbocycles. The number of hydrogen-bond donors (Lipinski definition) is 1. The number of halogens is 3. The number of nitrogens with one attached hydrogen (secondary N) is 1. The Morgan fingerprint density at radius 2 is 1.55 bits per heavy atom. The van der Waals surface area contributed by atoms with Crippen molar-refractivity contribution in [2.45, 2.75) is 13.1 Å². The zero-order valence-corrected chi connectivity index (χ0v) is 11.6. The van der Waals surface area contributed by atoms with Crippen molar-refractivity contribution in [3.63, 3.8) is 0 Å². The van der Waals surface area contributed by atoms with Gasteiger partial charge in [0.2, 0.25) is 0 Å². The molecular formula is C16H12F3NO2. The molecule has 1 amide bonds. The highest BCUT2D eigenvalue weighted by molar-refractivity contribution is 6.05. The summed E-state index contributed by atoms with van der Waals surface area (Å²) in [5, 5.41) is 2.39. The van der Waals surface area contributed by atoms with Gasteiger partial charge >= 0.3 is 6.18 Å². The highest BCUT2D eigenvalue weighted by atomic mass is 19.4. The summed E-state index contributed by atoms with van der Waals surface area (Å²) in [7, 11) is 0. The highest BCUT2D eigenvalue weighted by Gasteiger charge is 2.34. The number of carbonyl (C=O) groups excluding carboxylic acids is 2. The second kappa shape index (κ2) is 6.01. The van der Waals surface area contributed by atoms with Crippen LogP contribution >= 0.6 is 0 Å². The number of alkyl halides is 3. The minimum absolute atomic E-state index is 0.139. The van der Waals surface area contributed by atoms with Gasteiger partial charge in [0.05, 0.1) is 11.1 Å². The van der Waals surface area contributed by atoms with E-state index in [1.54, 1.807) is 0 Å². The van der Waals surface area contributed by atoms with Crippen LogP contribution in [-0.4, -0.2) is 11.7 Å². The molecule has 114 valence electrons. The highest BCUT2D eigenvalue weighted by Crippen LogP contribution is 2.32. The molecule has 0 unspecified atom stereocenters. The van der Waals surface area contributed by atoms with Gasteiger partial charge in [0.25, 0.3) is 5.91 Å². The molecular weight excluding hydrogens is 295 g/mol. The van der Waals surface area contributed by atoms with Crippen LogP contribution in [0.15, 0.2) is 48.5 Å². The van der Waals surface area contributed by atoms with E-state index in [0.717, 1.165) is 12.1 Å². The van der Waals surface area contributed by atoms with Crippen LogP contribution in [0, 0.1) is 0 Å². The SMILES string of the molecule is CC(=O)c1ccc(NC(=O)c2ccccc2C(F)(F)F)cc1. The third kappa shape index (κ3) is 3.52. The summed E-state index contributed by atoms with van der Waals surface area (Å²) >= 11 is 0. The minimum atomic E-state index is -4.60. The lowest BCUT2D eigenvalue weighted by Crippen LogP contribution is -2.18. The average Bonchev–Trinajstić information content (AvgIpc) is 2.47. The molecule has 0 aliphatic carbocycles. The van der Waals surface area contributed by atoms with E-state index in [9.17, 15) is 22.8 Å². The fourth-order valence-corrected chi connectivity index (χ4v) is 1.92. The van der Waals surface area contributed by atoms with Crippen LogP contribution in [0.1, 0.15) is 33.2 Å². The Bertz CT molecular complexity index is 706. The van der Waals surface area contributed by atoms with Crippen LogP contribution in [-0.2, 0) is 6.18 Å². The molecule has 0 spiro atoms. The molecule has 6 heteroatoms. The molecule has 22 heavy (non-hydrogen) atoms. The van der Waals surface area contributed by atoms with Gasteiger partial charge in [0, 0.05) is 11.3 Å². The van der Waals surface area contributed by atoms with Crippen LogP contribution in [0.4, 0.5) is 18.9 Å². The third-order valence-corrected chi connectivity index (χ3v) is 3.03. The quantitative estimate of drug-likeness (QED) is 0.865. The van der Waals surface area contributed by atoms with Crippen molar-refractivity contribution >= 4 is 17.4 Å². The van der Waals surface area contributed by atoms with E-state index in [1.165, 1.54) is 43.3 Å². The van der Waals surface area contributed by atoms with Gasteiger partial charge in [-0.3, -0.25) is 9.59 Å². The summed E-state index contributed by atoms with van der Waals surface area (Å²) in [6, 6.07) is 10.5. The molecule has 2 rings (SSSR count). The Balaban J connectivity index is 2.25. The van der Waals surface area contributed by atoms with Crippen molar-refractivity contribution in [1.29, 1.82) is 0 Å². The molecule has 0 atom stereocenters. The van der Waals surface area contributed by atoms with Gasteiger partial charge in [-0.1, -0.05) is 12.1 Å². The van der Waals surface area contributed by atoms with E-state index in [4.69, 9.17) is 0 Å². The first-order valence-electron chi connectivity index (χ1n) is 6.37. The van der Waals surface area contributed by atoms with E-state index in [1.807, 2.05) is 0 Å². The Labute approximate surface area is 124 Å². The van der Waals surface area contributed by atoms with E-state index >= 15 is 0 Å². The molecule has 0 saturated heterocycles. The molecule has 2 aromatic rings. The van der Waals surface area contributed by atoms with Crippen molar-refractivity contribution in [3.8, 4) is 0 Å². The second-order valence-electron chi connectivity index (χ2n) is 4.63. The van der Waals surface area contributed by atoms with Crippen molar-refractivity contribution in [1.82, 2.24) is 0 Å². The maximum Gasteiger partial charge on any atom is 0.417 e. The zero-order valence-electron chi connectivity index (χ0n) is 11.6. The fraction of sp³-hybridized carbons (Fsp3) is 0.125. The van der Waals surface area contributed by atoms with Crippen molar-refractivity contribution in [2.24, 2.45) is 0 Å². The lowest BCUT2D eigenvalue weighted by atomic mass is 10.1. The van der Waals surface area contributed by atoms with Gasteiger partial charge < -0.3 is 5.32 Å². The number of carbonyl (C=O) groups is 2. The Morgan fingerprint density at radius 3 is 2.09 bits per heavy atom. The van der Waals surface area contributed by atoms with Crippen molar-refractivity contribution < 1.29 is 22.8 Å². The Morgan fingerprint density at radius 1 is 0.955 bits per heavy atom. The third-order valence-electron chi connectivity index (χ3n) is 3.03. The maximum absolute atomic E-state index is 12.9. The Kier molecular flexibility index (Phi) is 4.30. The number of rotatable bonds is 3. The lowest BCUT2D eigenvalue weighted by Gasteiger charge is -2.12. The molecule has 0 bridgehead atoms. The van der Waals surface area contributed by atoms with Crippen LogP contribution < -0.4 is 5.32 Å². The van der Waals surface area contributed by atoms with Gasteiger partial charge in [-0.25, -0.2) is 0 Å². The van der Waals surface area contributed by atoms with Gasteiger partial charge in [-0.2, -0.15) is 13.2 Å². The van der Waals surface area contributed by atoms with Gasteiger partial charge in [0.1, 0.15) is 0 Å². The molecule has 0 fully saturated rings. The molecule has 0 radical (unpaired) electrons. The zero-order chi connectivity index (χ0) is 16.3. The van der Waals surface area contributed by atoms with Gasteiger partial charge in [0.15, 0.2) is 5.78 Å². The summed E-state index contributed by atoms with van der Waals surface area (Å²) in [5.74, 6) is -0.996. The first-order valence-corrected chi connectivity index (χ1v) is 6.37. The predicted octanol–water partition coefficient (Wildman–Crippen LogP) is 4.16. The minimum Gasteiger partial charge on any atom is -0.322 e. The molecule has 0 aliphatic rings. The largest absolute Gasteiger partial charge is 0.417 e. The smallest absolute Gasteiger partial charge is 0.322 e. The number of amides is 1. The number of anilines is 1. The fourth-order valence-electron chi connectivity index (χ4n) is 1.92. The molecule has 0 aromatic heterocycles. The lowest BCUT2D eigenvalue weighted by molar-refractivity contribution is -0.137. The van der Waals surface area contributed by atoms with Gasteiger partial charge in [-0.15, -0.1) is 0 Å². The summed E-state index contributed by atoms with van der Waals surface area (Å²) in [6.07, 6.45) is -4.60. The van der Waals surface area contributed by atoms with E-state index in [0.29, 0.717) is 11.3 Å². The summed E-state index contributed by atoms with van der Waals surface area (Å²) in [6.45, 7) is 1.40. The normalized spacial score (nSPS) is 11.1. The maximum atomic E-state index is 12.9. The number of benzene rings is 2. The number of hydrogen-bond acceptors (Lipinski definition) is 2. The van der Waals surface area contributed by atoms with Crippen LogP contribution in [0.5, 0.6) is 0 Å². The monoisotopic (exact) mass is 307 g/mol. The molecule has 2 aromatic carbocycles. The standard InChI is InChI=1S/C16H12F3NO2/c1-10(21)11-6-8-12(9-7-11)20-15(22)13-4-2-3-5-14(13)16(17,18)19/h2-9H,1H3,(H,20,22). The molecule has 1 N–H and O–H groups in total. The molecule has 3 nitrogen and oxygen atoms in total. The molecule has 0 heterocycles. The van der Waals surface area contributed by atoms with E-state index < -0.39 is 23.2 Å². The van der Waals surface area contributed by atoms with Crippen molar-refractivity contribution in [2.75, 3.05) is 5.32 Å². The predicted molar refractivity (Wildman–Crippen MR) is 75.8 cm³/mol. The Hall–Kier alpha value is -2.63. The number of ketones is 1. The van der Waals surface area contributed by atoms with Gasteiger partial charge in [-0.05, 0) is 43.3 Å². The number of Topliss-reactive ketones (excluding diaryl/α,β-unsaturated/α-hetero) is 1. The van der Waals surface area contributed by atoms with E-state index in [-0.39, 0.29) is 5.78 Å².